The second-order valence-electron chi connectivity index (χ2n) is 10.3. The molecular formula is C43H42Al2IOP2Pd-. The van der Waals surface area contributed by atoms with Gasteiger partial charge in [0.25, 0.3) is 0 Å². The van der Waals surface area contributed by atoms with Crippen molar-refractivity contribution in [3.05, 3.63) is 218 Å². The predicted octanol–water partition coefficient (Wildman–Crippen LogP) is 7.94. The largest absolute Gasteiger partial charge is 0.645 e. The van der Waals surface area contributed by atoms with E-state index in [2.05, 4.69) is 194 Å². The van der Waals surface area contributed by atoms with Crippen molar-refractivity contribution in [1.82, 2.24) is 0 Å². The first-order valence-electron chi connectivity index (χ1n) is 16.1. The van der Waals surface area contributed by atoms with Crippen LogP contribution in [-0.2, 0) is 23.3 Å². The first kappa shape index (κ1) is 44.0. The van der Waals surface area contributed by atoms with Crippen LogP contribution in [0.5, 0.6) is 0 Å². The van der Waals surface area contributed by atoms with Crippen molar-refractivity contribution in [2.45, 2.75) is 5.79 Å². The summed E-state index contributed by atoms with van der Waals surface area (Å²) in [6, 6.07) is 77.2. The normalized spacial score (nSPS) is 9.50. The van der Waals surface area contributed by atoms with Gasteiger partial charge in [-0.25, -0.2) is 0 Å². The van der Waals surface area contributed by atoms with Gasteiger partial charge in [0, 0.05) is 20.4 Å². The van der Waals surface area contributed by atoms with Gasteiger partial charge in [0.05, 0.1) is 0 Å². The van der Waals surface area contributed by atoms with Crippen molar-refractivity contribution in [1.29, 1.82) is 0 Å². The summed E-state index contributed by atoms with van der Waals surface area (Å²) >= 11 is 0.938. The van der Waals surface area contributed by atoms with Crippen LogP contribution in [0.25, 0.3) is 0 Å². The van der Waals surface area contributed by atoms with Crippen LogP contribution in [-0.4, -0.2) is 32.2 Å². The van der Waals surface area contributed by atoms with Gasteiger partial charge in [-0.05, 0) is 47.7 Å². The summed E-state index contributed by atoms with van der Waals surface area (Å²) in [5, 5.41) is 8.39. The van der Waals surface area contributed by atoms with Crippen molar-refractivity contribution < 1.29 is 23.3 Å². The van der Waals surface area contributed by atoms with Crippen LogP contribution in [0.15, 0.2) is 212 Å². The average Bonchev–Trinajstić information content (AvgIpc) is 3.19. The molecule has 0 heterocycles. The molecule has 1 nitrogen and oxygen atoms in total. The summed E-state index contributed by atoms with van der Waals surface area (Å²) in [6.07, 6.45) is 0. The van der Waals surface area contributed by atoms with E-state index in [1.165, 1.54) is 31.8 Å². The SMILES string of the molecule is I.[CH3][AlH][O][AlH2].[Pd].[c-]1ccccc1.c1ccc(P(c2ccccc2)c2ccccc2)cc1.c1ccc(P(c2ccccc2)c2ccccc2)cc1. The molecule has 0 aliphatic carbocycles. The van der Waals surface area contributed by atoms with Crippen molar-refractivity contribution in [3.8, 4) is 0 Å². The Kier molecular flexibility index (Phi) is 24.2. The summed E-state index contributed by atoms with van der Waals surface area (Å²) < 4.78 is 4.82. The zero-order chi connectivity index (χ0) is 33.5. The Morgan fingerprint density at radius 1 is 0.400 bits per heavy atom. The molecular weight excluding hydrogens is 882 g/mol. The van der Waals surface area contributed by atoms with E-state index < -0.39 is 15.8 Å². The molecule has 7 heteroatoms. The van der Waals surface area contributed by atoms with Crippen LogP contribution < -0.4 is 31.8 Å². The van der Waals surface area contributed by atoms with E-state index in [4.69, 9.17) is 2.84 Å². The van der Waals surface area contributed by atoms with E-state index in [1.807, 2.05) is 30.3 Å². The Bertz CT molecular complexity index is 1440. The third-order valence-electron chi connectivity index (χ3n) is 6.98. The Labute approximate surface area is 347 Å². The molecule has 0 bridgehead atoms. The molecule has 0 atom stereocenters. The van der Waals surface area contributed by atoms with Crippen molar-refractivity contribution >= 4 is 104 Å². The summed E-state index contributed by atoms with van der Waals surface area (Å²) in [7, 11) is -0.892. The first-order valence-corrected chi connectivity index (χ1v) is 21.6. The quantitative estimate of drug-likeness (QED) is 0.0684. The maximum Gasteiger partial charge on any atom is 0.401 e. The van der Waals surface area contributed by atoms with Crippen LogP contribution in [0.4, 0.5) is 0 Å². The number of hydrogen-bond donors (Lipinski definition) is 0. The second-order valence-corrected chi connectivity index (χ2v) is 17.7. The molecule has 0 spiro atoms. The monoisotopic (exact) mass is 923 g/mol. The fourth-order valence-electron chi connectivity index (χ4n) is 4.70. The fraction of sp³-hybridized carbons (Fsp3) is 0.0233. The van der Waals surface area contributed by atoms with E-state index in [0.29, 0.717) is 0 Å². The molecule has 0 aliphatic heterocycles. The Balaban J connectivity index is 0.000000265. The topological polar surface area (TPSA) is 9.23 Å². The molecule has 7 aromatic carbocycles. The fourth-order valence-corrected chi connectivity index (χ4v) is 9.31. The van der Waals surface area contributed by atoms with Gasteiger partial charge in [-0.3, -0.25) is 0 Å². The zero-order valence-corrected chi connectivity index (χ0v) is 37.5. The van der Waals surface area contributed by atoms with Gasteiger partial charge in [-0.2, -0.15) is 36.4 Å². The van der Waals surface area contributed by atoms with Gasteiger partial charge in [0.15, 0.2) is 0 Å². The van der Waals surface area contributed by atoms with Crippen molar-refractivity contribution in [2.24, 2.45) is 0 Å². The summed E-state index contributed by atoms with van der Waals surface area (Å²) in [5.74, 6) is 2.13. The van der Waals surface area contributed by atoms with E-state index in [9.17, 15) is 0 Å². The van der Waals surface area contributed by atoms with Gasteiger partial charge >= 0.3 is 32.2 Å². The summed E-state index contributed by atoms with van der Waals surface area (Å²) in [6.45, 7) is 0. The first-order chi connectivity index (χ1) is 23.8. The molecule has 7 aromatic rings. The number of benzene rings is 7. The Morgan fingerprint density at radius 2 is 0.580 bits per heavy atom. The molecule has 0 N–H and O–H groups in total. The summed E-state index contributed by atoms with van der Waals surface area (Å²) in [5.41, 5.74) is 0. The van der Waals surface area contributed by atoms with Gasteiger partial charge in [-0.1, -0.05) is 188 Å². The molecule has 50 heavy (non-hydrogen) atoms. The minimum atomic E-state index is -0.446. The maximum absolute atomic E-state index is 4.82. The molecule has 0 aromatic heterocycles. The Hall–Kier alpha value is -2.18. The van der Waals surface area contributed by atoms with E-state index in [-0.39, 0.29) is 60.0 Å². The molecule has 0 saturated heterocycles. The number of halogens is 1. The van der Waals surface area contributed by atoms with Gasteiger partial charge in [0.2, 0.25) is 0 Å². The van der Waals surface area contributed by atoms with E-state index in [1.54, 1.807) is 0 Å². The third kappa shape index (κ3) is 15.6. The smallest absolute Gasteiger partial charge is 0.401 e. The third-order valence-corrected chi connectivity index (χ3v) is 14.2. The molecule has 0 unspecified atom stereocenters. The average molecular weight is 924 g/mol. The van der Waals surface area contributed by atoms with Crippen LogP contribution in [0, 0.1) is 6.07 Å². The molecule has 0 saturated carbocycles. The molecule has 0 amide bonds. The minimum absolute atomic E-state index is 0. The van der Waals surface area contributed by atoms with E-state index in [0.717, 1.165) is 16.6 Å². The molecule has 0 aliphatic rings. The molecule has 0 radical (unpaired) electrons. The molecule has 0 fully saturated rings. The number of rotatable bonds is 7. The minimum Gasteiger partial charge on any atom is -0.645 e. The second kappa shape index (κ2) is 27.5. The predicted molar refractivity (Wildman–Crippen MR) is 234 cm³/mol. The number of hydrogen-bond acceptors (Lipinski definition) is 1. The molecule has 7 rings (SSSR count). The van der Waals surface area contributed by atoms with Crippen molar-refractivity contribution in [3.63, 3.8) is 0 Å². The maximum atomic E-state index is 4.82. The summed E-state index contributed by atoms with van der Waals surface area (Å²) in [4.78, 5) is 0. The van der Waals surface area contributed by atoms with Gasteiger partial charge in [0.1, 0.15) is 0 Å². The van der Waals surface area contributed by atoms with E-state index >= 15 is 0 Å². The molecule has 254 valence electrons. The standard InChI is InChI=1S/2C18H15P.C6H5.CH3.2Al.HI.O.Pd.3H/c2*1-4-10-16(11-5-1)19(17-12-6-2-7-13-17)18-14-8-3-9-15-18;1-2-4-6-5-3-1;;;;;;;;;/h2*1-15H;1-5H;1H3;;;1H;;;;;/q;;-1;;;;;;;;;. The van der Waals surface area contributed by atoms with Crippen LogP contribution in [0.2, 0.25) is 5.79 Å². The van der Waals surface area contributed by atoms with Crippen LogP contribution in [0.3, 0.4) is 0 Å². The van der Waals surface area contributed by atoms with Crippen LogP contribution >= 0.6 is 39.8 Å². The van der Waals surface area contributed by atoms with Gasteiger partial charge in [-0.15, -0.1) is 24.0 Å². The zero-order valence-electron chi connectivity index (χ0n) is 28.4. The van der Waals surface area contributed by atoms with Crippen LogP contribution in [0.1, 0.15) is 0 Å². The van der Waals surface area contributed by atoms with Gasteiger partial charge < -0.3 is 2.84 Å². The Morgan fingerprint density at radius 3 is 0.700 bits per heavy atom. The van der Waals surface area contributed by atoms with Crippen molar-refractivity contribution in [2.75, 3.05) is 0 Å².